The number of aromatic hydroxyl groups is 1. The van der Waals surface area contributed by atoms with Gasteiger partial charge in [-0.25, -0.2) is 4.79 Å². The van der Waals surface area contributed by atoms with E-state index in [1.165, 1.54) is 6.07 Å². The van der Waals surface area contributed by atoms with E-state index in [-0.39, 0.29) is 5.75 Å². The highest BCUT2D eigenvalue weighted by atomic mass is 16.5. The van der Waals surface area contributed by atoms with Gasteiger partial charge in [-0.05, 0) is 41.8 Å². The Balaban J connectivity index is 2.30. The minimum Gasteiger partial charge on any atom is -0.508 e. The van der Waals surface area contributed by atoms with Crippen LogP contribution in [0.15, 0.2) is 51.7 Å². The van der Waals surface area contributed by atoms with Crippen molar-refractivity contribution in [2.24, 2.45) is 0 Å². The van der Waals surface area contributed by atoms with E-state index >= 15 is 0 Å². The van der Waals surface area contributed by atoms with E-state index in [1.54, 1.807) is 19.2 Å². The standard InChI is InChI=1S/C18H16O4/c1-3-14-15-9-6-12(19)10-16(15)22-18(20)17(14)11-4-7-13(21-2)8-5-11/h4-10,19H,3H2,1-2H3. The Hall–Kier alpha value is -2.75. The van der Waals surface area contributed by atoms with E-state index in [1.807, 2.05) is 31.2 Å². The van der Waals surface area contributed by atoms with Crippen LogP contribution in [0.1, 0.15) is 12.5 Å². The summed E-state index contributed by atoms with van der Waals surface area (Å²) in [7, 11) is 1.60. The van der Waals surface area contributed by atoms with Crippen LogP contribution in [0.5, 0.6) is 11.5 Å². The highest BCUT2D eigenvalue weighted by Gasteiger charge is 2.15. The van der Waals surface area contributed by atoms with Gasteiger partial charge in [0.15, 0.2) is 0 Å². The maximum atomic E-state index is 12.4. The Labute approximate surface area is 127 Å². The molecule has 1 N–H and O–H groups in total. The highest BCUT2D eigenvalue weighted by Crippen LogP contribution is 2.30. The van der Waals surface area contributed by atoms with E-state index in [2.05, 4.69) is 0 Å². The summed E-state index contributed by atoms with van der Waals surface area (Å²) in [6.07, 6.45) is 0.689. The van der Waals surface area contributed by atoms with Crippen LogP contribution in [0.2, 0.25) is 0 Å². The van der Waals surface area contributed by atoms with Gasteiger partial charge in [-0.3, -0.25) is 0 Å². The second-order valence-electron chi connectivity index (χ2n) is 5.01. The number of rotatable bonds is 3. The molecule has 4 nitrogen and oxygen atoms in total. The van der Waals surface area contributed by atoms with Gasteiger partial charge in [0.25, 0.3) is 0 Å². The van der Waals surface area contributed by atoms with Crippen molar-refractivity contribution in [2.75, 3.05) is 7.11 Å². The monoisotopic (exact) mass is 296 g/mol. The highest BCUT2D eigenvalue weighted by molar-refractivity contribution is 5.87. The number of hydrogen-bond donors (Lipinski definition) is 1. The van der Waals surface area contributed by atoms with Crippen LogP contribution < -0.4 is 10.4 Å². The second-order valence-corrected chi connectivity index (χ2v) is 5.01. The molecule has 2 aromatic carbocycles. The smallest absolute Gasteiger partial charge is 0.344 e. The summed E-state index contributed by atoms with van der Waals surface area (Å²) in [5.74, 6) is 0.812. The molecule has 0 radical (unpaired) electrons. The van der Waals surface area contributed by atoms with E-state index in [4.69, 9.17) is 9.15 Å². The molecule has 3 aromatic rings. The molecule has 0 unspecified atom stereocenters. The van der Waals surface area contributed by atoms with Gasteiger partial charge in [-0.1, -0.05) is 19.1 Å². The van der Waals surface area contributed by atoms with Crippen molar-refractivity contribution in [3.05, 3.63) is 58.4 Å². The van der Waals surface area contributed by atoms with Gasteiger partial charge in [0.05, 0.1) is 12.7 Å². The molecule has 112 valence electrons. The minimum absolute atomic E-state index is 0.0786. The van der Waals surface area contributed by atoms with Gasteiger partial charge >= 0.3 is 5.63 Å². The summed E-state index contributed by atoms with van der Waals surface area (Å²) in [5.41, 5.74) is 2.26. The molecule has 0 spiro atoms. The SMILES string of the molecule is CCc1c(-c2ccc(OC)cc2)c(=O)oc2cc(O)ccc12. The summed E-state index contributed by atoms with van der Waals surface area (Å²) >= 11 is 0. The van der Waals surface area contributed by atoms with Gasteiger partial charge in [-0.2, -0.15) is 0 Å². The van der Waals surface area contributed by atoms with Gasteiger partial charge in [0.1, 0.15) is 17.1 Å². The first-order valence-corrected chi connectivity index (χ1v) is 7.07. The maximum Gasteiger partial charge on any atom is 0.344 e. The molecule has 0 aliphatic heterocycles. The molecule has 0 aliphatic carbocycles. The molecule has 4 heteroatoms. The lowest BCUT2D eigenvalue weighted by Gasteiger charge is -2.10. The van der Waals surface area contributed by atoms with Crippen molar-refractivity contribution >= 4 is 11.0 Å². The third-order valence-electron chi connectivity index (χ3n) is 3.73. The summed E-state index contributed by atoms with van der Waals surface area (Å²) in [6, 6.07) is 12.2. The van der Waals surface area contributed by atoms with Crippen molar-refractivity contribution < 1.29 is 14.3 Å². The first-order valence-electron chi connectivity index (χ1n) is 7.07. The van der Waals surface area contributed by atoms with Gasteiger partial charge in [0.2, 0.25) is 0 Å². The molecule has 0 aliphatic rings. The van der Waals surface area contributed by atoms with E-state index in [0.717, 1.165) is 22.3 Å². The number of fused-ring (bicyclic) bond motifs is 1. The van der Waals surface area contributed by atoms with Gasteiger partial charge in [0, 0.05) is 11.5 Å². The quantitative estimate of drug-likeness (QED) is 0.748. The van der Waals surface area contributed by atoms with Crippen molar-refractivity contribution in [1.82, 2.24) is 0 Å². The van der Waals surface area contributed by atoms with Crippen LogP contribution in [-0.4, -0.2) is 12.2 Å². The largest absolute Gasteiger partial charge is 0.508 e. The molecular formula is C18H16O4. The Morgan fingerprint density at radius 2 is 1.86 bits per heavy atom. The predicted molar refractivity (Wildman–Crippen MR) is 85.5 cm³/mol. The molecule has 0 fully saturated rings. The number of ether oxygens (including phenoxy) is 1. The van der Waals surface area contributed by atoms with Crippen molar-refractivity contribution in [1.29, 1.82) is 0 Å². The zero-order chi connectivity index (χ0) is 15.7. The maximum absolute atomic E-state index is 12.4. The lowest BCUT2D eigenvalue weighted by Crippen LogP contribution is -2.07. The fourth-order valence-corrected chi connectivity index (χ4v) is 2.67. The molecule has 0 saturated carbocycles. The minimum atomic E-state index is -0.403. The summed E-state index contributed by atoms with van der Waals surface area (Å²) in [5, 5.41) is 10.4. The summed E-state index contributed by atoms with van der Waals surface area (Å²) < 4.78 is 10.5. The third-order valence-corrected chi connectivity index (χ3v) is 3.73. The van der Waals surface area contributed by atoms with E-state index in [0.29, 0.717) is 17.6 Å². The molecule has 0 bridgehead atoms. The Bertz CT molecular complexity index is 876. The molecule has 22 heavy (non-hydrogen) atoms. The molecule has 0 atom stereocenters. The van der Waals surface area contributed by atoms with Crippen molar-refractivity contribution in [3.8, 4) is 22.6 Å². The van der Waals surface area contributed by atoms with Crippen LogP contribution >= 0.6 is 0 Å². The Morgan fingerprint density at radius 1 is 1.14 bits per heavy atom. The number of aryl methyl sites for hydroxylation is 1. The molecule has 1 aromatic heterocycles. The summed E-state index contributed by atoms with van der Waals surface area (Å²) in [4.78, 5) is 12.4. The average molecular weight is 296 g/mol. The Morgan fingerprint density at radius 3 is 2.50 bits per heavy atom. The zero-order valence-electron chi connectivity index (χ0n) is 12.4. The first kappa shape index (κ1) is 14.2. The second kappa shape index (κ2) is 5.56. The lowest BCUT2D eigenvalue weighted by atomic mass is 9.96. The topological polar surface area (TPSA) is 59.7 Å². The molecule has 0 saturated heterocycles. The molecule has 0 amide bonds. The normalized spacial score (nSPS) is 10.8. The lowest BCUT2D eigenvalue weighted by molar-refractivity contribution is 0.415. The molecular weight excluding hydrogens is 280 g/mol. The van der Waals surface area contributed by atoms with Crippen LogP contribution in [0.25, 0.3) is 22.1 Å². The zero-order valence-corrected chi connectivity index (χ0v) is 12.4. The Kier molecular flexibility index (Phi) is 3.59. The number of methoxy groups -OCH3 is 1. The predicted octanol–water partition coefficient (Wildman–Crippen LogP) is 3.74. The van der Waals surface area contributed by atoms with Crippen LogP contribution in [0, 0.1) is 0 Å². The van der Waals surface area contributed by atoms with E-state index < -0.39 is 5.63 Å². The van der Waals surface area contributed by atoms with Crippen LogP contribution in [-0.2, 0) is 6.42 Å². The van der Waals surface area contributed by atoms with Crippen molar-refractivity contribution in [3.63, 3.8) is 0 Å². The number of hydrogen-bond acceptors (Lipinski definition) is 4. The number of phenols is 1. The first-order chi connectivity index (χ1) is 10.6. The van der Waals surface area contributed by atoms with Crippen molar-refractivity contribution in [2.45, 2.75) is 13.3 Å². The summed E-state index contributed by atoms with van der Waals surface area (Å²) in [6.45, 7) is 1.99. The van der Waals surface area contributed by atoms with Gasteiger partial charge in [-0.15, -0.1) is 0 Å². The molecule has 3 rings (SSSR count). The van der Waals surface area contributed by atoms with Crippen LogP contribution in [0.4, 0.5) is 0 Å². The molecule has 1 heterocycles. The fourth-order valence-electron chi connectivity index (χ4n) is 2.67. The average Bonchev–Trinajstić information content (AvgIpc) is 2.53. The number of benzene rings is 2. The fraction of sp³-hybridized carbons (Fsp3) is 0.167. The van der Waals surface area contributed by atoms with E-state index in [9.17, 15) is 9.90 Å². The third kappa shape index (κ3) is 2.33. The van der Waals surface area contributed by atoms with Crippen LogP contribution in [0.3, 0.4) is 0 Å². The number of phenolic OH excluding ortho intramolecular Hbond substituents is 1. The van der Waals surface area contributed by atoms with Gasteiger partial charge < -0.3 is 14.3 Å².